The topological polar surface area (TPSA) is 85.8 Å². The van der Waals surface area contributed by atoms with Crippen LogP contribution in [0.3, 0.4) is 0 Å². The third kappa shape index (κ3) is 4.85. The minimum absolute atomic E-state index is 0.000557. The maximum Gasteiger partial charge on any atom is 0.416 e. The highest BCUT2D eigenvalue weighted by Gasteiger charge is 2.31. The number of hydrogen-bond donors (Lipinski definition) is 1. The Balaban J connectivity index is 1.46. The van der Waals surface area contributed by atoms with E-state index < -0.39 is 17.6 Å². The molecule has 10 heteroatoms. The molecule has 7 nitrogen and oxygen atoms in total. The van der Waals surface area contributed by atoms with Crippen LogP contribution in [0.5, 0.6) is 0 Å². The van der Waals surface area contributed by atoms with Crippen molar-refractivity contribution in [1.82, 2.24) is 20.0 Å². The molecule has 1 N–H and O–H groups in total. The molecule has 0 aliphatic carbocycles. The van der Waals surface area contributed by atoms with Crippen molar-refractivity contribution in [3.05, 3.63) is 77.9 Å². The fraction of sp³-hybridized carbons (Fsp3) is 0.182. The molecule has 164 valence electrons. The average Bonchev–Trinajstić information content (AvgIpc) is 3.44. The second-order valence-corrected chi connectivity index (χ2v) is 7.10. The second kappa shape index (κ2) is 8.66. The second-order valence-electron chi connectivity index (χ2n) is 7.10. The summed E-state index contributed by atoms with van der Waals surface area (Å²) >= 11 is 0. The van der Waals surface area contributed by atoms with Gasteiger partial charge < -0.3 is 9.73 Å². The van der Waals surface area contributed by atoms with E-state index in [0.717, 1.165) is 23.3 Å². The molecule has 32 heavy (non-hydrogen) atoms. The largest absolute Gasteiger partial charge is 0.421 e. The first kappa shape index (κ1) is 21.3. The number of benzene rings is 2. The van der Waals surface area contributed by atoms with Crippen LogP contribution in [0.15, 0.2) is 65.3 Å². The fourth-order valence-corrected chi connectivity index (χ4v) is 3.02. The van der Waals surface area contributed by atoms with E-state index in [4.69, 9.17) is 4.42 Å². The maximum atomic E-state index is 13.2. The van der Waals surface area contributed by atoms with Gasteiger partial charge in [0.15, 0.2) is 0 Å². The number of carbonyl (C=O) groups is 1. The Morgan fingerprint density at radius 1 is 1.12 bits per heavy atom. The average molecular weight is 441 g/mol. The van der Waals surface area contributed by atoms with Crippen molar-refractivity contribution in [2.75, 3.05) is 5.32 Å². The molecule has 0 atom stereocenters. The summed E-state index contributed by atoms with van der Waals surface area (Å²) in [6.07, 6.45) is -1.39. The Labute approximate surface area is 180 Å². The van der Waals surface area contributed by atoms with E-state index in [9.17, 15) is 18.0 Å². The van der Waals surface area contributed by atoms with Crippen molar-refractivity contribution >= 4 is 11.6 Å². The molecule has 4 rings (SSSR count). The molecule has 0 fully saturated rings. The third-order valence-corrected chi connectivity index (χ3v) is 4.68. The van der Waals surface area contributed by atoms with E-state index >= 15 is 0 Å². The molecule has 0 spiro atoms. The zero-order valence-corrected chi connectivity index (χ0v) is 16.9. The molecule has 2 aromatic carbocycles. The van der Waals surface area contributed by atoms with E-state index in [1.807, 2.05) is 31.2 Å². The normalized spacial score (nSPS) is 11.5. The first-order chi connectivity index (χ1) is 15.3. The fourth-order valence-electron chi connectivity index (χ4n) is 3.02. The van der Waals surface area contributed by atoms with Gasteiger partial charge in [0.1, 0.15) is 0 Å². The van der Waals surface area contributed by atoms with Gasteiger partial charge in [-0.05, 0) is 43.3 Å². The van der Waals surface area contributed by atoms with Crippen LogP contribution >= 0.6 is 0 Å². The molecule has 0 aliphatic rings. The molecule has 0 saturated carbocycles. The summed E-state index contributed by atoms with van der Waals surface area (Å²) in [4.78, 5) is 12.5. The summed E-state index contributed by atoms with van der Waals surface area (Å²) < 4.78 is 46.4. The van der Waals surface area contributed by atoms with Gasteiger partial charge in [0.05, 0.1) is 16.9 Å². The van der Waals surface area contributed by atoms with Gasteiger partial charge in [0.25, 0.3) is 0 Å². The van der Waals surface area contributed by atoms with Crippen LogP contribution in [0.1, 0.15) is 23.4 Å². The smallest absolute Gasteiger partial charge is 0.416 e. The maximum absolute atomic E-state index is 13.2. The standard InChI is InChI=1S/C22H18F3N5O2/c1-14-3-5-15(6-4-14)21-29-28-20(32-21)10-9-19(31)27-17-13-16(22(23,24)25)7-8-18(17)30-12-2-11-26-30/h2-8,11-13H,9-10H2,1H3,(H,27,31). The highest BCUT2D eigenvalue weighted by molar-refractivity contribution is 5.93. The van der Waals surface area contributed by atoms with Crippen molar-refractivity contribution < 1.29 is 22.4 Å². The lowest BCUT2D eigenvalue weighted by atomic mass is 10.1. The van der Waals surface area contributed by atoms with Crippen LogP contribution in [0.4, 0.5) is 18.9 Å². The van der Waals surface area contributed by atoms with Gasteiger partial charge in [-0.25, -0.2) is 4.68 Å². The highest BCUT2D eigenvalue weighted by atomic mass is 19.4. The monoisotopic (exact) mass is 441 g/mol. The van der Waals surface area contributed by atoms with E-state index in [1.54, 1.807) is 12.3 Å². The molecule has 0 saturated heterocycles. The van der Waals surface area contributed by atoms with Crippen molar-refractivity contribution in [2.24, 2.45) is 0 Å². The highest BCUT2D eigenvalue weighted by Crippen LogP contribution is 2.33. The summed E-state index contributed by atoms with van der Waals surface area (Å²) in [7, 11) is 0. The van der Waals surface area contributed by atoms with Crippen molar-refractivity contribution in [1.29, 1.82) is 0 Å². The van der Waals surface area contributed by atoms with Gasteiger partial charge in [-0.1, -0.05) is 17.7 Å². The molecule has 0 bridgehead atoms. The Morgan fingerprint density at radius 2 is 1.91 bits per heavy atom. The van der Waals surface area contributed by atoms with Crippen molar-refractivity contribution in [3.8, 4) is 17.1 Å². The lowest BCUT2D eigenvalue weighted by molar-refractivity contribution is -0.137. The van der Waals surface area contributed by atoms with Crippen LogP contribution in [0.2, 0.25) is 0 Å². The van der Waals surface area contributed by atoms with Crippen molar-refractivity contribution in [2.45, 2.75) is 25.9 Å². The number of anilines is 1. The van der Waals surface area contributed by atoms with E-state index in [1.165, 1.54) is 16.9 Å². The predicted octanol–water partition coefficient (Wildman–Crippen LogP) is 4.82. The summed E-state index contributed by atoms with van der Waals surface area (Å²) in [6.45, 7) is 1.96. The summed E-state index contributed by atoms with van der Waals surface area (Å²) in [5.41, 5.74) is 1.29. The third-order valence-electron chi connectivity index (χ3n) is 4.68. The van der Waals surface area contributed by atoms with Gasteiger partial charge in [0, 0.05) is 30.8 Å². The van der Waals surface area contributed by atoms with Gasteiger partial charge in [-0.2, -0.15) is 18.3 Å². The minimum atomic E-state index is -4.54. The molecule has 0 aliphatic heterocycles. The number of alkyl halides is 3. The Kier molecular flexibility index (Phi) is 5.76. The van der Waals surface area contributed by atoms with Crippen LogP contribution in [-0.4, -0.2) is 25.9 Å². The Bertz CT molecular complexity index is 1220. The van der Waals surface area contributed by atoms with Gasteiger partial charge in [-0.3, -0.25) is 4.79 Å². The number of aryl methyl sites for hydroxylation is 2. The number of nitrogens with one attached hydrogen (secondary N) is 1. The first-order valence-electron chi connectivity index (χ1n) is 9.70. The molecule has 1 amide bonds. The van der Waals surface area contributed by atoms with Gasteiger partial charge >= 0.3 is 6.18 Å². The van der Waals surface area contributed by atoms with Gasteiger partial charge in [-0.15, -0.1) is 10.2 Å². The lowest BCUT2D eigenvalue weighted by Gasteiger charge is -2.14. The van der Waals surface area contributed by atoms with Gasteiger partial charge in [0.2, 0.25) is 17.7 Å². The predicted molar refractivity (Wildman–Crippen MR) is 110 cm³/mol. The number of aromatic nitrogens is 4. The van der Waals surface area contributed by atoms with E-state index in [-0.39, 0.29) is 24.4 Å². The SMILES string of the molecule is Cc1ccc(-c2nnc(CCC(=O)Nc3cc(C(F)(F)F)ccc3-n3cccn3)o2)cc1. The molecule has 2 heterocycles. The van der Waals surface area contributed by atoms with Crippen LogP contribution in [0.25, 0.3) is 17.1 Å². The quantitative estimate of drug-likeness (QED) is 0.464. The Morgan fingerprint density at radius 3 is 2.59 bits per heavy atom. The van der Waals surface area contributed by atoms with Crippen LogP contribution < -0.4 is 5.32 Å². The van der Waals surface area contributed by atoms with E-state index in [0.29, 0.717) is 11.6 Å². The molecule has 0 unspecified atom stereocenters. The summed E-state index contributed by atoms with van der Waals surface area (Å²) in [6, 6.07) is 12.3. The number of hydrogen-bond acceptors (Lipinski definition) is 5. The first-order valence-corrected chi connectivity index (χ1v) is 9.70. The molecule has 0 radical (unpaired) electrons. The lowest BCUT2D eigenvalue weighted by Crippen LogP contribution is -2.16. The van der Waals surface area contributed by atoms with E-state index in [2.05, 4.69) is 20.6 Å². The number of nitrogens with zero attached hydrogens (tertiary/aromatic N) is 4. The zero-order valence-electron chi connectivity index (χ0n) is 16.9. The number of carbonyl (C=O) groups excluding carboxylic acids is 1. The number of amides is 1. The molecular formula is C22H18F3N5O2. The number of rotatable bonds is 6. The molecule has 2 aromatic heterocycles. The Hall–Kier alpha value is -3.95. The van der Waals surface area contributed by atoms with Crippen molar-refractivity contribution in [3.63, 3.8) is 0 Å². The van der Waals surface area contributed by atoms with Crippen LogP contribution in [0, 0.1) is 6.92 Å². The molecule has 4 aromatic rings. The zero-order chi connectivity index (χ0) is 22.7. The minimum Gasteiger partial charge on any atom is -0.421 e. The summed E-state index contributed by atoms with van der Waals surface area (Å²) in [5.74, 6) is 0.0964. The van der Waals surface area contributed by atoms with Crippen LogP contribution in [-0.2, 0) is 17.4 Å². The molecular weight excluding hydrogens is 423 g/mol. The number of halogens is 3. The summed E-state index contributed by atoms with van der Waals surface area (Å²) in [5, 5.41) is 14.5.